The van der Waals surface area contributed by atoms with E-state index in [1.54, 1.807) is 6.08 Å². The van der Waals surface area contributed by atoms with Crippen LogP contribution in [0.5, 0.6) is 0 Å². The predicted molar refractivity (Wildman–Crippen MR) is 45.9 cm³/mol. The van der Waals surface area contributed by atoms with Crippen molar-refractivity contribution in [1.82, 2.24) is 0 Å². The average Bonchev–Trinajstić information content (AvgIpc) is 2.18. The fourth-order valence-corrected chi connectivity index (χ4v) is 1.12. The Hall–Kier alpha value is -0.850. The SMILES string of the molecule is CCCC1=C(F)C=CCC=C1. The molecule has 0 fully saturated rings. The van der Waals surface area contributed by atoms with Crippen molar-refractivity contribution in [3.05, 3.63) is 35.7 Å². The highest BCUT2D eigenvalue weighted by atomic mass is 19.1. The number of allylic oxidation sites excluding steroid dienone is 6. The molecular formula is C10H13F. The van der Waals surface area contributed by atoms with E-state index in [0.29, 0.717) is 0 Å². The zero-order valence-electron chi connectivity index (χ0n) is 6.81. The summed E-state index contributed by atoms with van der Waals surface area (Å²) >= 11 is 0. The van der Waals surface area contributed by atoms with E-state index in [1.165, 1.54) is 0 Å². The summed E-state index contributed by atoms with van der Waals surface area (Å²) < 4.78 is 13.0. The second-order valence-electron chi connectivity index (χ2n) is 2.66. The van der Waals surface area contributed by atoms with Crippen LogP contribution in [0.3, 0.4) is 0 Å². The second-order valence-corrected chi connectivity index (χ2v) is 2.66. The maximum absolute atomic E-state index is 13.0. The third kappa shape index (κ3) is 2.34. The molecule has 1 heteroatoms. The molecule has 0 N–H and O–H groups in total. The Bertz CT molecular complexity index is 209. The molecule has 0 heterocycles. The zero-order chi connectivity index (χ0) is 8.10. The highest BCUT2D eigenvalue weighted by Crippen LogP contribution is 2.18. The van der Waals surface area contributed by atoms with Gasteiger partial charge in [0.25, 0.3) is 0 Å². The first-order valence-corrected chi connectivity index (χ1v) is 4.06. The average molecular weight is 152 g/mol. The Kier molecular flexibility index (Phi) is 3.09. The fourth-order valence-electron chi connectivity index (χ4n) is 1.12. The molecule has 0 atom stereocenters. The van der Waals surface area contributed by atoms with Crippen molar-refractivity contribution in [3.8, 4) is 0 Å². The van der Waals surface area contributed by atoms with E-state index < -0.39 is 0 Å². The molecule has 0 aromatic carbocycles. The van der Waals surface area contributed by atoms with Crippen LogP contribution in [0.15, 0.2) is 35.7 Å². The minimum absolute atomic E-state index is 0.0689. The van der Waals surface area contributed by atoms with Crippen molar-refractivity contribution in [1.29, 1.82) is 0 Å². The van der Waals surface area contributed by atoms with Gasteiger partial charge in [-0.2, -0.15) is 0 Å². The van der Waals surface area contributed by atoms with Crippen LogP contribution in [0, 0.1) is 0 Å². The van der Waals surface area contributed by atoms with E-state index in [1.807, 2.05) is 18.2 Å². The zero-order valence-corrected chi connectivity index (χ0v) is 6.81. The summed E-state index contributed by atoms with van der Waals surface area (Å²) in [6, 6.07) is 0. The molecule has 0 spiro atoms. The monoisotopic (exact) mass is 152 g/mol. The van der Waals surface area contributed by atoms with Crippen molar-refractivity contribution in [2.75, 3.05) is 0 Å². The van der Waals surface area contributed by atoms with Gasteiger partial charge < -0.3 is 0 Å². The van der Waals surface area contributed by atoms with Gasteiger partial charge in [0.15, 0.2) is 0 Å². The van der Waals surface area contributed by atoms with Gasteiger partial charge in [0.05, 0.1) is 0 Å². The Morgan fingerprint density at radius 2 is 2.09 bits per heavy atom. The van der Waals surface area contributed by atoms with Crippen LogP contribution in [-0.4, -0.2) is 0 Å². The van der Waals surface area contributed by atoms with Crippen LogP contribution in [0.1, 0.15) is 26.2 Å². The lowest BCUT2D eigenvalue weighted by molar-refractivity contribution is 0.649. The van der Waals surface area contributed by atoms with Crippen LogP contribution in [0.4, 0.5) is 4.39 Å². The summed E-state index contributed by atoms with van der Waals surface area (Å²) in [4.78, 5) is 0. The third-order valence-electron chi connectivity index (χ3n) is 1.68. The van der Waals surface area contributed by atoms with Crippen molar-refractivity contribution >= 4 is 0 Å². The van der Waals surface area contributed by atoms with Crippen molar-refractivity contribution in [2.24, 2.45) is 0 Å². The molecule has 1 aliphatic rings. The second kappa shape index (κ2) is 4.12. The molecular weight excluding hydrogens is 139 g/mol. The van der Waals surface area contributed by atoms with Crippen LogP contribution in [-0.2, 0) is 0 Å². The van der Waals surface area contributed by atoms with E-state index in [-0.39, 0.29) is 5.83 Å². The normalized spacial score (nSPS) is 17.3. The van der Waals surface area contributed by atoms with Crippen molar-refractivity contribution in [2.45, 2.75) is 26.2 Å². The molecule has 0 amide bonds. The highest BCUT2D eigenvalue weighted by molar-refractivity contribution is 5.31. The topological polar surface area (TPSA) is 0 Å². The molecule has 11 heavy (non-hydrogen) atoms. The Morgan fingerprint density at radius 3 is 2.82 bits per heavy atom. The van der Waals surface area contributed by atoms with E-state index in [9.17, 15) is 4.39 Å². The van der Waals surface area contributed by atoms with Gasteiger partial charge in [-0.25, -0.2) is 4.39 Å². The summed E-state index contributed by atoms with van der Waals surface area (Å²) in [6.07, 6.45) is 9.97. The molecule has 0 aromatic heterocycles. The lowest BCUT2D eigenvalue weighted by Crippen LogP contribution is -1.79. The minimum atomic E-state index is -0.0689. The van der Waals surface area contributed by atoms with Crippen molar-refractivity contribution in [3.63, 3.8) is 0 Å². The van der Waals surface area contributed by atoms with Gasteiger partial charge in [-0.1, -0.05) is 31.6 Å². The summed E-state index contributed by atoms with van der Waals surface area (Å²) in [7, 11) is 0. The number of hydrogen-bond donors (Lipinski definition) is 0. The Morgan fingerprint density at radius 1 is 1.36 bits per heavy atom. The summed E-state index contributed by atoms with van der Waals surface area (Å²) in [6.45, 7) is 2.06. The Labute approximate surface area is 67.1 Å². The molecule has 1 rings (SSSR count). The van der Waals surface area contributed by atoms with E-state index in [0.717, 1.165) is 24.8 Å². The van der Waals surface area contributed by atoms with Crippen LogP contribution < -0.4 is 0 Å². The highest BCUT2D eigenvalue weighted by Gasteiger charge is 2.00. The van der Waals surface area contributed by atoms with Crippen LogP contribution in [0.2, 0.25) is 0 Å². The molecule has 0 aliphatic heterocycles. The molecule has 0 unspecified atom stereocenters. The number of rotatable bonds is 2. The first-order chi connectivity index (χ1) is 5.34. The van der Waals surface area contributed by atoms with Crippen LogP contribution in [0.25, 0.3) is 0 Å². The maximum Gasteiger partial charge on any atom is 0.126 e. The van der Waals surface area contributed by atoms with Gasteiger partial charge in [0, 0.05) is 0 Å². The Balaban J connectivity index is 2.76. The van der Waals surface area contributed by atoms with Gasteiger partial charge in [-0.15, -0.1) is 0 Å². The lowest BCUT2D eigenvalue weighted by atomic mass is 10.1. The lowest BCUT2D eigenvalue weighted by Gasteiger charge is -1.97. The molecule has 0 radical (unpaired) electrons. The standard InChI is InChI=1S/C10H13F/c1-2-6-9-7-4-3-5-8-10(9)11/h4-5,7-8H,2-3,6H2,1H3. The van der Waals surface area contributed by atoms with Gasteiger partial charge in [0.1, 0.15) is 5.83 Å². The maximum atomic E-state index is 13.0. The minimum Gasteiger partial charge on any atom is -0.207 e. The fraction of sp³-hybridized carbons (Fsp3) is 0.400. The molecule has 1 aliphatic carbocycles. The third-order valence-corrected chi connectivity index (χ3v) is 1.68. The molecule has 60 valence electrons. The number of hydrogen-bond acceptors (Lipinski definition) is 0. The first-order valence-electron chi connectivity index (χ1n) is 4.06. The van der Waals surface area contributed by atoms with E-state index >= 15 is 0 Å². The summed E-state index contributed by atoms with van der Waals surface area (Å²) in [5, 5.41) is 0. The molecule has 0 aromatic rings. The quantitative estimate of drug-likeness (QED) is 0.567. The smallest absolute Gasteiger partial charge is 0.126 e. The van der Waals surface area contributed by atoms with Gasteiger partial charge in [-0.3, -0.25) is 0 Å². The van der Waals surface area contributed by atoms with Gasteiger partial charge in [-0.05, 0) is 24.5 Å². The number of halogens is 1. The van der Waals surface area contributed by atoms with Crippen molar-refractivity contribution < 1.29 is 4.39 Å². The van der Waals surface area contributed by atoms with Crippen LogP contribution >= 0.6 is 0 Å². The molecule has 0 saturated heterocycles. The summed E-state index contributed by atoms with van der Waals surface area (Å²) in [5.41, 5.74) is 0.834. The summed E-state index contributed by atoms with van der Waals surface area (Å²) in [5.74, 6) is -0.0689. The molecule has 0 saturated carbocycles. The van der Waals surface area contributed by atoms with E-state index in [4.69, 9.17) is 0 Å². The van der Waals surface area contributed by atoms with E-state index in [2.05, 4.69) is 6.92 Å². The molecule has 0 nitrogen and oxygen atoms in total. The molecule has 0 bridgehead atoms. The van der Waals surface area contributed by atoms with Gasteiger partial charge >= 0.3 is 0 Å². The predicted octanol–water partition coefficient (Wildman–Crippen LogP) is 3.53. The largest absolute Gasteiger partial charge is 0.207 e. The first kappa shape index (κ1) is 8.25. The van der Waals surface area contributed by atoms with Gasteiger partial charge in [0.2, 0.25) is 0 Å².